The van der Waals surface area contributed by atoms with Crippen LogP contribution in [0, 0.1) is 22.8 Å². The molecule has 1 N–H and O–H groups in total. The van der Waals surface area contributed by atoms with E-state index in [0.717, 1.165) is 60.1 Å². The average molecular weight is 399 g/mol. The predicted molar refractivity (Wildman–Crippen MR) is 115 cm³/mol. The van der Waals surface area contributed by atoms with Crippen LogP contribution >= 0.6 is 0 Å². The second-order valence-corrected chi connectivity index (χ2v) is 8.88. The Morgan fingerprint density at radius 1 is 1.23 bits per heavy atom. The normalized spacial score (nSPS) is 27.3. The first-order valence-electron chi connectivity index (χ1n) is 10.6. The quantitative estimate of drug-likeness (QED) is 0.617. The first-order valence-corrected chi connectivity index (χ1v) is 10.6. The van der Waals surface area contributed by atoms with Gasteiger partial charge in [-0.05, 0) is 48.3 Å². The highest BCUT2D eigenvalue weighted by atomic mass is 16.1. The molecule has 1 aliphatic heterocycles. The van der Waals surface area contributed by atoms with Crippen LogP contribution in [0.15, 0.2) is 53.3 Å². The minimum atomic E-state index is 0.0861. The van der Waals surface area contributed by atoms with E-state index in [1.165, 1.54) is 0 Å². The van der Waals surface area contributed by atoms with Crippen molar-refractivity contribution in [1.29, 1.82) is 5.26 Å². The summed E-state index contributed by atoms with van der Waals surface area (Å²) in [7, 11) is 1.91. The number of ketones is 1. The third-order valence-electron chi connectivity index (χ3n) is 7.06. The average Bonchev–Trinajstić information content (AvgIpc) is 3.47. The van der Waals surface area contributed by atoms with Crippen LogP contribution in [0.2, 0.25) is 0 Å². The van der Waals surface area contributed by atoms with Crippen LogP contribution in [0.25, 0.3) is 11.1 Å². The van der Waals surface area contributed by atoms with Crippen LogP contribution in [0.1, 0.15) is 37.7 Å². The smallest absolute Gasteiger partial charge is 0.176 e. The third-order valence-corrected chi connectivity index (χ3v) is 7.06. The van der Waals surface area contributed by atoms with Crippen LogP contribution in [-0.4, -0.2) is 33.9 Å². The molecule has 1 spiro atoms. The van der Waals surface area contributed by atoms with Gasteiger partial charge >= 0.3 is 0 Å². The molecular formula is C24H25N5O. The summed E-state index contributed by atoms with van der Waals surface area (Å²) in [5, 5.41) is 15.9. The summed E-state index contributed by atoms with van der Waals surface area (Å²) in [6.45, 7) is 0.477. The molecule has 3 aliphatic rings. The standard InChI is InChI=1S/C24H25N5O/c1-29-14-19(13-28-29)16-4-6-17(7-5-16)22-9-18(12-26-22)23(30)21-3-2-8-24(21)10-20(11-24)27-15-25/h4-7,9,13-14,20-21,27H,2-3,8,10-12H2,1H3. The van der Waals surface area contributed by atoms with Crippen LogP contribution < -0.4 is 5.32 Å². The van der Waals surface area contributed by atoms with Crippen molar-refractivity contribution in [1.82, 2.24) is 15.1 Å². The molecule has 1 atom stereocenters. The van der Waals surface area contributed by atoms with Gasteiger partial charge in [0.05, 0.1) is 18.5 Å². The van der Waals surface area contributed by atoms with Crippen LogP contribution in [0.3, 0.4) is 0 Å². The number of hydrogen-bond acceptors (Lipinski definition) is 5. The van der Waals surface area contributed by atoms with E-state index in [1.807, 2.05) is 31.7 Å². The number of aryl methyl sites for hydroxylation is 1. The van der Waals surface area contributed by atoms with E-state index in [9.17, 15) is 4.79 Å². The zero-order chi connectivity index (χ0) is 20.7. The molecule has 2 heterocycles. The van der Waals surface area contributed by atoms with E-state index < -0.39 is 0 Å². The van der Waals surface area contributed by atoms with Gasteiger partial charge in [-0.2, -0.15) is 10.4 Å². The molecule has 0 amide bonds. The van der Waals surface area contributed by atoms with Crippen LogP contribution in [0.4, 0.5) is 0 Å². The van der Waals surface area contributed by atoms with Gasteiger partial charge in [0, 0.05) is 36.3 Å². The van der Waals surface area contributed by atoms with Crippen LogP contribution in [-0.2, 0) is 11.8 Å². The van der Waals surface area contributed by atoms with Gasteiger partial charge in [-0.1, -0.05) is 30.7 Å². The maximum absolute atomic E-state index is 13.3. The number of nitrogens with zero attached hydrogens (tertiary/aromatic N) is 4. The summed E-state index contributed by atoms with van der Waals surface area (Å²) < 4.78 is 1.79. The lowest BCUT2D eigenvalue weighted by molar-refractivity contribution is -0.125. The number of benzene rings is 1. The summed E-state index contributed by atoms with van der Waals surface area (Å²) in [6.07, 6.45) is 12.9. The fourth-order valence-corrected chi connectivity index (χ4v) is 5.53. The SMILES string of the molecule is Cn1cc(-c2ccc(C3=NCC(C(=O)C4CCCC45CC(NC#N)C5)=C3)cc2)cn1. The van der Waals surface area contributed by atoms with Gasteiger partial charge in [0.25, 0.3) is 0 Å². The lowest BCUT2D eigenvalue weighted by Crippen LogP contribution is -2.51. The molecular weight excluding hydrogens is 374 g/mol. The fraction of sp³-hybridized carbons (Fsp3) is 0.417. The number of Topliss-reactive ketones (excluding diaryl/α,β-unsaturated/α-hetero) is 1. The Hall–Kier alpha value is -3.20. The van der Waals surface area contributed by atoms with Crippen molar-refractivity contribution < 1.29 is 4.79 Å². The summed E-state index contributed by atoms with van der Waals surface area (Å²) >= 11 is 0. The van der Waals surface area contributed by atoms with Gasteiger partial charge < -0.3 is 5.32 Å². The van der Waals surface area contributed by atoms with Crippen molar-refractivity contribution in [2.24, 2.45) is 23.4 Å². The number of rotatable bonds is 5. The molecule has 2 aromatic rings. The van der Waals surface area contributed by atoms with Gasteiger partial charge in [-0.15, -0.1) is 0 Å². The molecule has 5 rings (SSSR count). The highest BCUT2D eigenvalue weighted by Crippen LogP contribution is 2.57. The Kier molecular flexibility index (Phi) is 4.54. The van der Waals surface area contributed by atoms with Crippen molar-refractivity contribution in [3.63, 3.8) is 0 Å². The zero-order valence-corrected chi connectivity index (χ0v) is 17.1. The summed E-state index contributed by atoms with van der Waals surface area (Å²) in [5.74, 6) is 0.358. The lowest BCUT2D eigenvalue weighted by atomic mass is 9.58. The van der Waals surface area contributed by atoms with E-state index in [2.05, 4.69) is 39.7 Å². The first-order chi connectivity index (χ1) is 14.6. The first kappa shape index (κ1) is 18.8. The van der Waals surface area contributed by atoms with E-state index in [4.69, 9.17) is 5.26 Å². The predicted octanol–water partition coefficient (Wildman–Crippen LogP) is 3.40. The topological polar surface area (TPSA) is 83.1 Å². The van der Waals surface area contributed by atoms with Crippen LogP contribution in [0.5, 0.6) is 0 Å². The minimum Gasteiger partial charge on any atom is -0.321 e. The number of nitriles is 1. The summed E-state index contributed by atoms with van der Waals surface area (Å²) in [5.41, 5.74) is 5.06. The maximum Gasteiger partial charge on any atom is 0.176 e. The van der Waals surface area contributed by atoms with Crippen molar-refractivity contribution in [3.8, 4) is 17.3 Å². The Labute approximate surface area is 176 Å². The van der Waals surface area contributed by atoms with Gasteiger partial charge in [0.1, 0.15) is 0 Å². The molecule has 1 aromatic heterocycles. The van der Waals surface area contributed by atoms with E-state index in [1.54, 1.807) is 4.68 Å². The van der Waals surface area contributed by atoms with Crippen molar-refractivity contribution in [2.45, 2.75) is 38.1 Å². The Balaban J connectivity index is 1.29. The molecule has 0 radical (unpaired) electrons. The molecule has 6 nitrogen and oxygen atoms in total. The molecule has 152 valence electrons. The van der Waals surface area contributed by atoms with Crippen molar-refractivity contribution >= 4 is 11.5 Å². The van der Waals surface area contributed by atoms with E-state index in [0.29, 0.717) is 6.54 Å². The monoisotopic (exact) mass is 399 g/mol. The molecule has 0 saturated heterocycles. The fourth-order valence-electron chi connectivity index (χ4n) is 5.53. The molecule has 2 fully saturated rings. The van der Waals surface area contributed by atoms with Gasteiger partial charge in [-0.3, -0.25) is 14.5 Å². The number of allylic oxidation sites excluding steroid dienone is 1. The van der Waals surface area contributed by atoms with Gasteiger partial charge in [-0.25, -0.2) is 0 Å². The minimum absolute atomic E-state index is 0.0861. The van der Waals surface area contributed by atoms with Gasteiger partial charge in [0.2, 0.25) is 0 Å². The Bertz CT molecular complexity index is 1080. The third kappa shape index (κ3) is 3.15. The second-order valence-electron chi connectivity index (χ2n) is 8.88. The zero-order valence-electron chi connectivity index (χ0n) is 17.1. The number of carbonyl (C=O) groups excluding carboxylic acids is 1. The number of aliphatic imine (C=N–C) groups is 1. The molecule has 2 saturated carbocycles. The Morgan fingerprint density at radius 3 is 2.70 bits per heavy atom. The van der Waals surface area contributed by atoms with Gasteiger partial charge in [0.15, 0.2) is 12.0 Å². The summed E-state index contributed by atoms with van der Waals surface area (Å²) in [6, 6.07) is 8.51. The van der Waals surface area contributed by atoms with Crippen molar-refractivity contribution in [2.75, 3.05) is 6.54 Å². The van der Waals surface area contributed by atoms with E-state index in [-0.39, 0.29) is 23.2 Å². The highest BCUT2D eigenvalue weighted by Gasteiger charge is 2.54. The number of carbonyl (C=O) groups is 1. The maximum atomic E-state index is 13.3. The number of aromatic nitrogens is 2. The molecule has 30 heavy (non-hydrogen) atoms. The molecule has 0 bridgehead atoms. The second kappa shape index (κ2) is 7.24. The number of hydrogen-bond donors (Lipinski definition) is 1. The molecule has 6 heteroatoms. The lowest BCUT2D eigenvalue weighted by Gasteiger charge is -2.48. The molecule has 1 unspecified atom stereocenters. The molecule has 1 aromatic carbocycles. The van der Waals surface area contributed by atoms with Crippen molar-refractivity contribution in [3.05, 3.63) is 53.9 Å². The highest BCUT2D eigenvalue weighted by molar-refractivity contribution is 6.16. The number of nitrogens with one attached hydrogen (secondary N) is 1. The largest absolute Gasteiger partial charge is 0.321 e. The summed E-state index contributed by atoms with van der Waals surface area (Å²) in [4.78, 5) is 18.0. The molecule has 2 aliphatic carbocycles. The van der Waals surface area contributed by atoms with E-state index >= 15 is 0 Å². The Morgan fingerprint density at radius 2 is 2.00 bits per heavy atom.